The zero-order valence-corrected chi connectivity index (χ0v) is 16.2. The Labute approximate surface area is 162 Å². The number of aryl methyl sites for hydroxylation is 1. The van der Waals surface area contributed by atoms with Crippen LogP contribution in [0.4, 0.5) is 0 Å². The lowest BCUT2D eigenvalue weighted by Gasteiger charge is -2.11. The van der Waals surface area contributed by atoms with Gasteiger partial charge in [-0.2, -0.15) is 0 Å². The Morgan fingerprint density at radius 3 is 2.56 bits per heavy atom. The molecule has 0 amide bonds. The van der Waals surface area contributed by atoms with E-state index in [1.165, 1.54) is 23.0 Å². The second-order valence-corrected chi connectivity index (χ2v) is 8.15. The minimum atomic E-state index is -3.72. The van der Waals surface area contributed by atoms with Crippen LogP contribution in [-0.4, -0.2) is 24.5 Å². The molecule has 1 N–H and O–H groups in total. The minimum Gasteiger partial charge on any atom is -0.298 e. The molecule has 0 saturated heterocycles. The van der Waals surface area contributed by atoms with Crippen LogP contribution in [0.25, 0.3) is 11.3 Å². The van der Waals surface area contributed by atoms with Crippen LogP contribution in [-0.2, 0) is 16.6 Å². The maximum atomic E-state index is 12.4. The summed E-state index contributed by atoms with van der Waals surface area (Å²) in [5.74, 6) is 0. The van der Waals surface area contributed by atoms with Gasteiger partial charge in [-0.1, -0.05) is 48.0 Å². The van der Waals surface area contributed by atoms with E-state index in [4.69, 9.17) is 11.6 Å². The second-order valence-electron chi connectivity index (χ2n) is 5.98. The van der Waals surface area contributed by atoms with Crippen LogP contribution in [0, 0.1) is 6.92 Å². The molecule has 0 bridgehead atoms. The lowest BCUT2D eigenvalue weighted by atomic mass is 10.1. The summed E-state index contributed by atoms with van der Waals surface area (Å²) in [7, 11) is -3.72. The Balaban J connectivity index is 1.70. The van der Waals surface area contributed by atoms with Crippen molar-refractivity contribution in [1.82, 2.24) is 14.3 Å². The van der Waals surface area contributed by atoms with Crippen LogP contribution in [0.5, 0.6) is 0 Å². The SMILES string of the molecule is Cc1ccc(Cl)cc1S(=O)(=O)NCCn1cnc(-c2ccccc2)cc1=O. The molecule has 3 rings (SSSR count). The molecule has 1 aromatic heterocycles. The van der Waals surface area contributed by atoms with Crippen molar-refractivity contribution >= 4 is 21.6 Å². The standard InChI is InChI=1S/C19H18ClN3O3S/c1-14-7-8-16(20)11-18(14)27(25,26)22-9-10-23-13-21-17(12-19(23)24)15-5-3-2-4-6-15/h2-8,11-13,22H,9-10H2,1H3. The average molecular weight is 404 g/mol. The molecule has 8 heteroatoms. The first-order valence-electron chi connectivity index (χ1n) is 8.24. The zero-order chi connectivity index (χ0) is 19.4. The summed E-state index contributed by atoms with van der Waals surface area (Å²) in [6.07, 6.45) is 1.42. The molecule has 140 valence electrons. The fourth-order valence-electron chi connectivity index (χ4n) is 2.60. The van der Waals surface area contributed by atoms with E-state index in [1.807, 2.05) is 30.3 Å². The minimum absolute atomic E-state index is 0.0561. The molecule has 0 atom stereocenters. The van der Waals surface area contributed by atoms with Crippen molar-refractivity contribution in [3.63, 3.8) is 0 Å². The van der Waals surface area contributed by atoms with Gasteiger partial charge in [0.15, 0.2) is 0 Å². The molecule has 2 aromatic carbocycles. The highest BCUT2D eigenvalue weighted by atomic mass is 35.5. The zero-order valence-electron chi connectivity index (χ0n) is 14.6. The lowest BCUT2D eigenvalue weighted by molar-refractivity contribution is 0.568. The van der Waals surface area contributed by atoms with Gasteiger partial charge in [0.1, 0.15) is 0 Å². The van der Waals surface area contributed by atoms with Crippen molar-refractivity contribution in [2.45, 2.75) is 18.4 Å². The molecule has 0 fully saturated rings. The Hall–Kier alpha value is -2.48. The van der Waals surface area contributed by atoms with Crippen molar-refractivity contribution in [2.75, 3.05) is 6.54 Å². The van der Waals surface area contributed by atoms with E-state index in [9.17, 15) is 13.2 Å². The average Bonchev–Trinajstić information content (AvgIpc) is 2.65. The van der Waals surface area contributed by atoms with Gasteiger partial charge >= 0.3 is 0 Å². The number of hydrogen-bond donors (Lipinski definition) is 1. The quantitative estimate of drug-likeness (QED) is 0.686. The number of halogens is 1. The first kappa shape index (κ1) is 19.3. The molecule has 1 heterocycles. The van der Waals surface area contributed by atoms with Gasteiger partial charge in [-0.05, 0) is 24.6 Å². The van der Waals surface area contributed by atoms with Crippen molar-refractivity contribution in [3.05, 3.63) is 81.9 Å². The van der Waals surface area contributed by atoms with Crippen molar-refractivity contribution in [2.24, 2.45) is 0 Å². The number of nitrogens with zero attached hydrogens (tertiary/aromatic N) is 2. The van der Waals surface area contributed by atoms with E-state index in [2.05, 4.69) is 9.71 Å². The summed E-state index contributed by atoms with van der Waals surface area (Å²) in [6, 6.07) is 15.5. The van der Waals surface area contributed by atoms with E-state index >= 15 is 0 Å². The van der Waals surface area contributed by atoms with Crippen LogP contribution in [0.3, 0.4) is 0 Å². The third-order valence-electron chi connectivity index (χ3n) is 4.03. The summed E-state index contributed by atoms with van der Waals surface area (Å²) in [4.78, 5) is 16.7. The monoisotopic (exact) mass is 403 g/mol. The van der Waals surface area contributed by atoms with Crippen LogP contribution >= 0.6 is 11.6 Å². The predicted molar refractivity (Wildman–Crippen MR) is 105 cm³/mol. The van der Waals surface area contributed by atoms with Crippen molar-refractivity contribution < 1.29 is 8.42 Å². The summed E-state index contributed by atoms with van der Waals surface area (Å²) in [5, 5.41) is 0.345. The van der Waals surface area contributed by atoms with E-state index in [0.717, 1.165) is 5.56 Å². The molecule has 6 nitrogen and oxygen atoms in total. The predicted octanol–water partition coefficient (Wildman–Crippen LogP) is 2.85. The number of rotatable bonds is 6. The number of aromatic nitrogens is 2. The molecule has 0 aliphatic carbocycles. The summed E-state index contributed by atoms with van der Waals surface area (Å²) in [6.45, 7) is 1.92. The van der Waals surface area contributed by atoms with Gasteiger partial charge in [-0.15, -0.1) is 0 Å². The molecule has 0 unspecified atom stereocenters. The molecule has 27 heavy (non-hydrogen) atoms. The maximum Gasteiger partial charge on any atom is 0.253 e. The number of sulfonamides is 1. The van der Waals surface area contributed by atoms with Crippen molar-refractivity contribution in [3.8, 4) is 11.3 Å². The summed E-state index contributed by atoms with van der Waals surface area (Å²) < 4.78 is 28.7. The second kappa shape index (κ2) is 8.04. The molecule has 0 aliphatic rings. The van der Waals surface area contributed by atoms with Crippen LogP contribution < -0.4 is 10.3 Å². The highest BCUT2D eigenvalue weighted by Crippen LogP contribution is 2.19. The maximum absolute atomic E-state index is 12.4. The van der Waals surface area contributed by atoms with Gasteiger partial charge in [0, 0.05) is 29.7 Å². The Morgan fingerprint density at radius 2 is 1.85 bits per heavy atom. The Morgan fingerprint density at radius 1 is 1.11 bits per heavy atom. The molecule has 0 aliphatic heterocycles. The van der Waals surface area contributed by atoms with Gasteiger partial charge in [0.2, 0.25) is 10.0 Å². The van der Waals surface area contributed by atoms with Gasteiger partial charge < -0.3 is 0 Å². The first-order chi connectivity index (χ1) is 12.9. The van der Waals surface area contributed by atoms with Crippen LogP contribution in [0.1, 0.15) is 5.56 Å². The number of benzene rings is 2. The molecule has 3 aromatic rings. The van der Waals surface area contributed by atoms with E-state index in [0.29, 0.717) is 16.3 Å². The largest absolute Gasteiger partial charge is 0.298 e. The van der Waals surface area contributed by atoms with E-state index in [-0.39, 0.29) is 23.5 Å². The summed E-state index contributed by atoms with van der Waals surface area (Å²) >= 11 is 5.89. The lowest BCUT2D eigenvalue weighted by Crippen LogP contribution is -2.31. The van der Waals surface area contributed by atoms with Crippen LogP contribution in [0.15, 0.2) is 70.6 Å². The van der Waals surface area contributed by atoms with Crippen molar-refractivity contribution in [1.29, 1.82) is 0 Å². The Bertz CT molecular complexity index is 1110. The normalized spacial score (nSPS) is 11.5. The third-order valence-corrected chi connectivity index (χ3v) is 5.87. The molecule has 0 radical (unpaired) electrons. The molecule has 0 saturated carbocycles. The van der Waals surface area contributed by atoms with Gasteiger partial charge in [-0.25, -0.2) is 18.1 Å². The highest BCUT2D eigenvalue weighted by Gasteiger charge is 2.16. The smallest absolute Gasteiger partial charge is 0.253 e. The molecule has 0 spiro atoms. The van der Waals surface area contributed by atoms with Crippen LogP contribution in [0.2, 0.25) is 5.02 Å². The van der Waals surface area contributed by atoms with E-state index in [1.54, 1.807) is 19.1 Å². The Kier molecular flexibility index (Phi) is 5.74. The van der Waals surface area contributed by atoms with Gasteiger partial charge in [0.05, 0.1) is 16.9 Å². The summed E-state index contributed by atoms with van der Waals surface area (Å²) in [5.41, 5.74) is 1.77. The topological polar surface area (TPSA) is 81.1 Å². The highest BCUT2D eigenvalue weighted by molar-refractivity contribution is 7.89. The first-order valence-corrected chi connectivity index (χ1v) is 10.1. The molecular formula is C19H18ClN3O3S. The third kappa shape index (κ3) is 4.63. The molecular weight excluding hydrogens is 386 g/mol. The van der Waals surface area contributed by atoms with Gasteiger partial charge in [0.25, 0.3) is 5.56 Å². The van der Waals surface area contributed by atoms with E-state index < -0.39 is 10.0 Å². The number of hydrogen-bond acceptors (Lipinski definition) is 4. The van der Waals surface area contributed by atoms with Gasteiger partial charge in [-0.3, -0.25) is 9.36 Å². The fourth-order valence-corrected chi connectivity index (χ4v) is 4.13. The number of nitrogens with one attached hydrogen (secondary N) is 1. The fraction of sp³-hybridized carbons (Fsp3) is 0.158.